The number of carbonyl (C=O) groups excluding carboxylic acids is 2. The lowest BCUT2D eigenvalue weighted by atomic mass is 10.1. The van der Waals surface area contributed by atoms with E-state index in [4.69, 9.17) is 14.2 Å². The zero-order valence-electron chi connectivity index (χ0n) is 21.3. The Morgan fingerprint density at radius 2 is 1.46 bits per heavy atom. The minimum atomic E-state index is -0.689. The van der Waals surface area contributed by atoms with E-state index >= 15 is 0 Å². The molecule has 192 valence electrons. The van der Waals surface area contributed by atoms with Crippen LogP contribution in [0.5, 0.6) is 11.5 Å². The van der Waals surface area contributed by atoms with Gasteiger partial charge in [-0.15, -0.1) is 0 Å². The van der Waals surface area contributed by atoms with Crippen molar-refractivity contribution in [3.8, 4) is 11.5 Å². The van der Waals surface area contributed by atoms with Crippen LogP contribution in [0.25, 0.3) is 0 Å². The normalized spacial score (nSPS) is 11.7. The second-order valence-corrected chi connectivity index (χ2v) is 8.99. The first-order valence-corrected chi connectivity index (χ1v) is 12.9. The molecule has 6 heteroatoms. The van der Waals surface area contributed by atoms with Crippen molar-refractivity contribution in [2.24, 2.45) is 5.92 Å². The average molecular weight is 487 g/mol. The van der Waals surface area contributed by atoms with Crippen molar-refractivity contribution in [1.82, 2.24) is 0 Å². The summed E-state index contributed by atoms with van der Waals surface area (Å²) in [6.45, 7) is 7.06. The number of ether oxygens (including phenoxy) is 3. The summed E-state index contributed by atoms with van der Waals surface area (Å²) in [6, 6.07) is 10.1. The summed E-state index contributed by atoms with van der Waals surface area (Å²) >= 11 is 0. The molecule has 0 aliphatic carbocycles. The smallest absolute Gasteiger partial charge is 0.343 e. The minimum Gasteiger partial charge on any atom is -0.491 e. The van der Waals surface area contributed by atoms with E-state index in [0.717, 1.165) is 25.3 Å². The van der Waals surface area contributed by atoms with Gasteiger partial charge in [0.25, 0.3) is 0 Å². The molecule has 0 N–H and O–H groups in total. The Bertz CT molecular complexity index is 910. The van der Waals surface area contributed by atoms with Gasteiger partial charge in [0.15, 0.2) is 11.6 Å². The molecular formula is C29H39FO5. The molecule has 0 saturated heterocycles. The van der Waals surface area contributed by atoms with Crippen molar-refractivity contribution < 1.29 is 28.2 Å². The van der Waals surface area contributed by atoms with Crippen molar-refractivity contribution in [3.63, 3.8) is 0 Å². The van der Waals surface area contributed by atoms with Gasteiger partial charge in [0.2, 0.25) is 0 Å². The second kappa shape index (κ2) is 15.9. The van der Waals surface area contributed by atoms with E-state index in [-0.39, 0.29) is 17.1 Å². The van der Waals surface area contributed by atoms with Gasteiger partial charge in [-0.2, -0.15) is 0 Å². The highest BCUT2D eigenvalue weighted by Crippen LogP contribution is 2.21. The van der Waals surface area contributed by atoms with Gasteiger partial charge in [0, 0.05) is 0 Å². The molecule has 0 radical (unpaired) electrons. The topological polar surface area (TPSA) is 61.8 Å². The number of benzene rings is 2. The van der Waals surface area contributed by atoms with Crippen LogP contribution in [-0.2, 0) is 4.74 Å². The van der Waals surface area contributed by atoms with Crippen LogP contribution < -0.4 is 9.47 Å². The number of hydrogen-bond donors (Lipinski definition) is 0. The van der Waals surface area contributed by atoms with E-state index in [1.54, 1.807) is 0 Å². The Hall–Kier alpha value is -2.89. The molecule has 0 spiro atoms. The van der Waals surface area contributed by atoms with Crippen molar-refractivity contribution >= 4 is 11.9 Å². The van der Waals surface area contributed by atoms with Crippen LogP contribution in [0, 0.1) is 11.7 Å². The molecule has 1 atom stereocenters. The number of carbonyl (C=O) groups is 2. The minimum absolute atomic E-state index is 0.0824. The summed E-state index contributed by atoms with van der Waals surface area (Å²) in [4.78, 5) is 24.5. The molecule has 35 heavy (non-hydrogen) atoms. The highest BCUT2D eigenvalue weighted by atomic mass is 19.1. The third-order valence-corrected chi connectivity index (χ3v) is 5.92. The number of halogens is 1. The quantitative estimate of drug-likeness (QED) is 0.138. The van der Waals surface area contributed by atoms with E-state index in [1.165, 1.54) is 74.9 Å². The molecule has 0 amide bonds. The van der Waals surface area contributed by atoms with Gasteiger partial charge in [-0.25, -0.2) is 14.0 Å². The SMILES string of the molecule is CCCCCCCCCCOc1ccc(C(=O)Oc2ccc(C(=O)OC[C@@H](C)CC)cc2)cc1F. The molecule has 0 saturated carbocycles. The second-order valence-electron chi connectivity index (χ2n) is 8.99. The maximum absolute atomic E-state index is 14.4. The molecule has 2 aromatic carbocycles. The molecule has 0 aliphatic heterocycles. The monoisotopic (exact) mass is 486 g/mol. The molecule has 5 nitrogen and oxygen atoms in total. The number of esters is 2. The standard InChI is InChI=1S/C29H39FO5/c1-4-6-7-8-9-10-11-12-19-33-27-18-15-24(20-26(27)30)29(32)35-25-16-13-23(14-17-25)28(31)34-21-22(3)5-2/h13-18,20,22H,4-12,19,21H2,1-3H3/t22-/m0/s1. The van der Waals surface area contributed by atoms with Crippen LogP contribution in [0.2, 0.25) is 0 Å². The fourth-order valence-corrected chi connectivity index (χ4v) is 3.41. The van der Waals surface area contributed by atoms with Crippen LogP contribution in [0.15, 0.2) is 42.5 Å². The van der Waals surface area contributed by atoms with Crippen LogP contribution in [0.3, 0.4) is 0 Å². The van der Waals surface area contributed by atoms with Crippen molar-refractivity contribution in [2.75, 3.05) is 13.2 Å². The average Bonchev–Trinajstić information content (AvgIpc) is 2.87. The van der Waals surface area contributed by atoms with Gasteiger partial charge >= 0.3 is 11.9 Å². The molecular weight excluding hydrogens is 447 g/mol. The lowest BCUT2D eigenvalue weighted by Gasteiger charge is -2.10. The highest BCUT2D eigenvalue weighted by molar-refractivity contribution is 5.92. The van der Waals surface area contributed by atoms with E-state index in [9.17, 15) is 14.0 Å². The number of unbranched alkanes of at least 4 members (excludes halogenated alkanes) is 7. The number of hydrogen-bond acceptors (Lipinski definition) is 5. The Labute approximate surface area is 209 Å². The molecule has 0 aliphatic rings. The van der Waals surface area contributed by atoms with Crippen LogP contribution >= 0.6 is 0 Å². The fourth-order valence-electron chi connectivity index (χ4n) is 3.41. The zero-order valence-corrected chi connectivity index (χ0v) is 21.3. The van der Waals surface area contributed by atoms with E-state index in [0.29, 0.717) is 24.7 Å². The first kappa shape index (κ1) is 28.3. The lowest BCUT2D eigenvalue weighted by Crippen LogP contribution is -2.12. The molecule has 0 heterocycles. The fraction of sp³-hybridized carbons (Fsp3) is 0.517. The summed E-state index contributed by atoms with van der Waals surface area (Å²) in [7, 11) is 0. The first-order valence-electron chi connectivity index (χ1n) is 12.9. The van der Waals surface area contributed by atoms with Gasteiger partial charge in [-0.05, 0) is 54.8 Å². The Morgan fingerprint density at radius 1 is 0.829 bits per heavy atom. The molecule has 0 aromatic heterocycles. The van der Waals surface area contributed by atoms with Crippen molar-refractivity contribution in [2.45, 2.75) is 78.6 Å². The Morgan fingerprint density at radius 3 is 2.09 bits per heavy atom. The zero-order chi connectivity index (χ0) is 25.5. The van der Waals surface area contributed by atoms with Gasteiger partial charge in [0.05, 0.1) is 24.3 Å². The highest BCUT2D eigenvalue weighted by Gasteiger charge is 2.14. The van der Waals surface area contributed by atoms with Gasteiger partial charge < -0.3 is 14.2 Å². The molecule has 0 fully saturated rings. The maximum Gasteiger partial charge on any atom is 0.343 e. The largest absolute Gasteiger partial charge is 0.491 e. The summed E-state index contributed by atoms with van der Waals surface area (Å²) in [5, 5.41) is 0. The van der Waals surface area contributed by atoms with Crippen LogP contribution in [-0.4, -0.2) is 25.2 Å². The van der Waals surface area contributed by atoms with Crippen molar-refractivity contribution in [1.29, 1.82) is 0 Å². The predicted octanol–water partition coefficient (Wildman–Crippen LogP) is 7.77. The molecule has 2 rings (SSSR count). The number of rotatable bonds is 16. The molecule has 2 aromatic rings. The predicted molar refractivity (Wildman–Crippen MR) is 136 cm³/mol. The summed E-state index contributed by atoms with van der Waals surface area (Å²) < 4.78 is 30.5. The van der Waals surface area contributed by atoms with Gasteiger partial charge in [-0.3, -0.25) is 0 Å². The Balaban J connectivity index is 1.77. The van der Waals surface area contributed by atoms with Gasteiger partial charge in [-0.1, -0.05) is 72.1 Å². The third-order valence-electron chi connectivity index (χ3n) is 5.92. The Kier molecular flexibility index (Phi) is 12.9. The van der Waals surface area contributed by atoms with Gasteiger partial charge in [0.1, 0.15) is 5.75 Å². The third kappa shape index (κ3) is 10.5. The van der Waals surface area contributed by atoms with E-state index in [2.05, 4.69) is 6.92 Å². The summed E-state index contributed by atoms with van der Waals surface area (Å²) in [5.74, 6) is -1.04. The van der Waals surface area contributed by atoms with E-state index in [1.807, 2.05) is 13.8 Å². The summed E-state index contributed by atoms with van der Waals surface area (Å²) in [5.41, 5.74) is 0.455. The van der Waals surface area contributed by atoms with E-state index < -0.39 is 17.8 Å². The van der Waals surface area contributed by atoms with Crippen LogP contribution in [0.1, 0.15) is 99.3 Å². The molecule has 0 bridgehead atoms. The van der Waals surface area contributed by atoms with Crippen LogP contribution in [0.4, 0.5) is 4.39 Å². The van der Waals surface area contributed by atoms with Crippen molar-refractivity contribution in [3.05, 3.63) is 59.4 Å². The summed E-state index contributed by atoms with van der Waals surface area (Å²) in [6.07, 6.45) is 10.4. The lowest BCUT2D eigenvalue weighted by molar-refractivity contribution is 0.0447. The molecule has 0 unspecified atom stereocenters. The maximum atomic E-state index is 14.4. The first-order chi connectivity index (χ1) is 16.9.